The molecular formula is C13H14FNO3. The standard InChI is InChI=1S/C13H14FNO3/c1-13(7-8-15(18-2)12(13)17)11(16)9-3-5-10(14)6-4-9/h3-6H,7-8H2,1-2H3/t13-/m0/s1. The lowest BCUT2D eigenvalue weighted by atomic mass is 9.81. The monoisotopic (exact) mass is 251 g/mol. The van der Waals surface area contributed by atoms with Gasteiger partial charge in [0.1, 0.15) is 11.2 Å². The molecule has 0 aromatic heterocycles. The summed E-state index contributed by atoms with van der Waals surface area (Å²) in [4.78, 5) is 29.3. The Morgan fingerprint density at radius 3 is 2.50 bits per heavy atom. The van der Waals surface area contributed by atoms with Crippen LogP contribution in [0.3, 0.4) is 0 Å². The number of amides is 1. The van der Waals surface area contributed by atoms with Gasteiger partial charge in [0.15, 0.2) is 5.78 Å². The number of ketones is 1. The van der Waals surface area contributed by atoms with Crippen molar-refractivity contribution in [2.45, 2.75) is 13.3 Å². The first-order chi connectivity index (χ1) is 8.49. The zero-order valence-electron chi connectivity index (χ0n) is 10.3. The Kier molecular flexibility index (Phi) is 3.17. The molecule has 1 aromatic rings. The molecule has 0 N–H and O–H groups in total. The van der Waals surface area contributed by atoms with Gasteiger partial charge in [-0.25, -0.2) is 9.45 Å². The van der Waals surface area contributed by atoms with Gasteiger partial charge in [0.25, 0.3) is 5.91 Å². The third-order valence-electron chi connectivity index (χ3n) is 3.34. The molecule has 0 unspecified atom stereocenters. The molecule has 0 bridgehead atoms. The molecule has 96 valence electrons. The number of carbonyl (C=O) groups excluding carboxylic acids is 2. The van der Waals surface area contributed by atoms with E-state index in [4.69, 9.17) is 4.84 Å². The van der Waals surface area contributed by atoms with E-state index in [0.717, 1.165) is 0 Å². The lowest BCUT2D eigenvalue weighted by Crippen LogP contribution is -2.37. The highest BCUT2D eigenvalue weighted by atomic mass is 19.1. The van der Waals surface area contributed by atoms with Crippen LogP contribution < -0.4 is 0 Å². The van der Waals surface area contributed by atoms with Gasteiger partial charge in [-0.3, -0.25) is 14.4 Å². The van der Waals surface area contributed by atoms with Crippen LogP contribution in [-0.4, -0.2) is 30.4 Å². The second-order valence-corrected chi connectivity index (χ2v) is 4.51. The first-order valence-corrected chi connectivity index (χ1v) is 5.65. The molecule has 0 spiro atoms. The van der Waals surface area contributed by atoms with E-state index in [0.29, 0.717) is 18.5 Å². The molecule has 1 atom stereocenters. The predicted molar refractivity (Wildman–Crippen MR) is 62.2 cm³/mol. The second-order valence-electron chi connectivity index (χ2n) is 4.51. The molecule has 1 saturated heterocycles. The smallest absolute Gasteiger partial charge is 0.259 e. The highest BCUT2D eigenvalue weighted by Gasteiger charge is 2.49. The number of hydrogen-bond donors (Lipinski definition) is 0. The van der Waals surface area contributed by atoms with Crippen molar-refractivity contribution >= 4 is 11.7 Å². The van der Waals surface area contributed by atoms with Crippen molar-refractivity contribution in [1.82, 2.24) is 5.06 Å². The van der Waals surface area contributed by atoms with E-state index in [-0.39, 0.29) is 11.7 Å². The Morgan fingerprint density at radius 1 is 1.39 bits per heavy atom. The summed E-state index contributed by atoms with van der Waals surface area (Å²) < 4.78 is 12.8. The predicted octanol–water partition coefficient (Wildman–Crippen LogP) is 1.81. The highest BCUT2D eigenvalue weighted by Crippen LogP contribution is 2.34. The molecule has 0 saturated carbocycles. The van der Waals surface area contributed by atoms with Crippen molar-refractivity contribution < 1.29 is 18.8 Å². The number of Topliss-reactive ketones (excluding diaryl/α,β-unsaturated/α-hetero) is 1. The fourth-order valence-corrected chi connectivity index (χ4v) is 2.11. The van der Waals surface area contributed by atoms with E-state index in [1.807, 2.05) is 0 Å². The molecule has 4 nitrogen and oxygen atoms in total. The Labute approximate surface area is 104 Å². The molecule has 1 fully saturated rings. The van der Waals surface area contributed by atoms with Crippen molar-refractivity contribution in [3.8, 4) is 0 Å². The van der Waals surface area contributed by atoms with E-state index in [1.54, 1.807) is 6.92 Å². The van der Waals surface area contributed by atoms with Crippen LogP contribution in [0.2, 0.25) is 0 Å². The van der Waals surface area contributed by atoms with Crippen molar-refractivity contribution in [3.05, 3.63) is 35.6 Å². The largest absolute Gasteiger partial charge is 0.293 e. The molecule has 1 amide bonds. The van der Waals surface area contributed by atoms with Crippen LogP contribution >= 0.6 is 0 Å². The summed E-state index contributed by atoms with van der Waals surface area (Å²) in [5.41, 5.74) is -0.779. The normalized spacial score (nSPS) is 23.5. The van der Waals surface area contributed by atoms with E-state index in [9.17, 15) is 14.0 Å². The maximum atomic E-state index is 12.8. The molecule has 18 heavy (non-hydrogen) atoms. The van der Waals surface area contributed by atoms with Crippen molar-refractivity contribution in [2.24, 2.45) is 5.41 Å². The van der Waals surface area contributed by atoms with Crippen molar-refractivity contribution in [3.63, 3.8) is 0 Å². The molecule has 5 heteroatoms. The fraction of sp³-hybridized carbons (Fsp3) is 0.385. The fourth-order valence-electron chi connectivity index (χ4n) is 2.11. The molecule has 1 heterocycles. The third-order valence-corrected chi connectivity index (χ3v) is 3.34. The maximum Gasteiger partial charge on any atom is 0.259 e. The lowest BCUT2D eigenvalue weighted by Gasteiger charge is -2.20. The van der Waals surface area contributed by atoms with Gasteiger partial charge in [-0.15, -0.1) is 0 Å². The summed E-state index contributed by atoms with van der Waals surface area (Å²) >= 11 is 0. The van der Waals surface area contributed by atoms with Gasteiger partial charge >= 0.3 is 0 Å². The minimum Gasteiger partial charge on any atom is -0.293 e. The summed E-state index contributed by atoms with van der Waals surface area (Å²) in [6.45, 7) is 1.98. The quantitative estimate of drug-likeness (QED) is 0.608. The van der Waals surface area contributed by atoms with Crippen molar-refractivity contribution in [1.29, 1.82) is 0 Å². The number of benzene rings is 1. The van der Waals surface area contributed by atoms with Gasteiger partial charge in [-0.1, -0.05) is 0 Å². The van der Waals surface area contributed by atoms with Crippen LogP contribution in [-0.2, 0) is 9.63 Å². The molecule has 0 radical (unpaired) electrons. The minimum absolute atomic E-state index is 0.299. The van der Waals surface area contributed by atoms with Crippen LogP contribution in [0.1, 0.15) is 23.7 Å². The summed E-state index contributed by atoms with van der Waals surface area (Å²) in [5, 5.41) is 1.18. The average Bonchev–Trinajstić information content (AvgIpc) is 2.67. The van der Waals surface area contributed by atoms with Crippen LogP contribution in [0.15, 0.2) is 24.3 Å². The summed E-state index contributed by atoms with van der Waals surface area (Å²) in [7, 11) is 1.39. The van der Waals surface area contributed by atoms with Gasteiger partial charge in [0.05, 0.1) is 13.7 Å². The van der Waals surface area contributed by atoms with Crippen LogP contribution in [0.5, 0.6) is 0 Å². The Bertz CT molecular complexity index is 486. The Balaban J connectivity index is 2.29. The van der Waals surface area contributed by atoms with Gasteiger partial charge in [0.2, 0.25) is 0 Å². The number of halogens is 1. The van der Waals surface area contributed by atoms with E-state index >= 15 is 0 Å². The van der Waals surface area contributed by atoms with E-state index < -0.39 is 11.2 Å². The average molecular weight is 251 g/mol. The number of rotatable bonds is 3. The number of nitrogens with zero attached hydrogens (tertiary/aromatic N) is 1. The topological polar surface area (TPSA) is 46.6 Å². The Morgan fingerprint density at radius 2 is 2.00 bits per heavy atom. The van der Waals surface area contributed by atoms with Gasteiger partial charge < -0.3 is 0 Å². The zero-order chi connectivity index (χ0) is 13.3. The van der Waals surface area contributed by atoms with Crippen LogP contribution in [0.25, 0.3) is 0 Å². The SMILES string of the molecule is CON1CC[C@@](C)(C(=O)c2ccc(F)cc2)C1=O. The Hall–Kier alpha value is -1.75. The lowest BCUT2D eigenvalue weighted by molar-refractivity contribution is -0.171. The first kappa shape index (κ1) is 12.7. The summed E-state index contributed by atoms with van der Waals surface area (Å²) in [6.07, 6.45) is 0.399. The number of hydrogen-bond acceptors (Lipinski definition) is 3. The number of carbonyl (C=O) groups is 2. The zero-order valence-corrected chi connectivity index (χ0v) is 10.3. The molecule has 2 rings (SSSR count). The number of hydroxylamine groups is 2. The molecule has 1 aliphatic heterocycles. The first-order valence-electron chi connectivity index (χ1n) is 5.65. The van der Waals surface area contributed by atoms with Crippen LogP contribution in [0, 0.1) is 11.2 Å². The molecule has 1 aromatic carbocycles. The summed E-state index contributed by atoms with van der Waals surface area (Å²) in [5.74, 6) is -1.06. The maximum absolute atomic E-state index is 12.8. The third kappa shape index (κ3) is 1.90. The van der Waals surface area contributed by atoms with Gasteiger partial charge in [0, 0.05) is 5.56 Å². The molecular weight excluding hydrogens is 237 g/mol. The van der Waals surface area contributed by atoms with E-state index in [2.05, 4.69) is 0 Å². The summed E-state index contributed by atoms with van der Waals surface area (Å²) in [6, 6.07) is 5.21. The molecule has 1 aliphatic rings. The van der Waals surface area contributed by atoms with Crippen molar-refractivity contribution in [2.75, 3.05) is 13.7 Å². The molecule has 0 aliphatic carbocycles. The van der Waals surface area contributed by atoms with Crippen LogP contribution in [0.4, 0.5) is 4.39 Å². The van der Waals surface area contributed by atoms with Gasteiger partial charge in [-0.2, -0.15) is 0 Å². The van der Waals surface area contributed by atoms with Gasteiger partial charge in [-0.05, 0) is 37.6 Å². The van der Waals surface area contributed by atoms with E-state index in [1.165, 1.54) is 36.4 Å². The second kappa shape index (κ2) is 4.49. The highest BCUT2D eigenvalue weighted by molar-refractivity contribution is 6.14. The minimum atomic E-state index is -1.12.